The molecule has 0 amide bonds. The van der Waals surface area contributed by atoms with Crippen molar-refractivity contribution < 1.29 is 8.42 Å². The van der Waals surface area contributed by atoms with Crippen LogP contribution in [0, 0.1) is 0 Å². The number of sulfonamides is 1. The van der Waals surface area contributed by atoms with E-state index in [-0.39, 0.29) is 5.75 Å². The lowest BCUT2D eigenvalue weighted by atomic mass is 9.96. The molecule has 1 saturated carbocycles. The number of thiocarbonyl (C=S) groups is 1. The topological polar surface area (TPSA) is 70.2 Å². The molecule has 1 fully saturated rings. The summed E-state index contributed by atoms with van der Waals surface area (Å²) in [4.78, 5) is 0. The van der Waals surface area contributed by atoms with Crippen LogP contribution in [0.1, 0.15) is 32.1 Å². The molecule has 3 N–H and O–H groups in total. The van der Waals surface area contributed by atoms with E-state index >= 15 is 0 Å². The Kier molecular flexibility index (Phi) is 6.15. The molecule has 7 heteroatoms. The third-order valence-corrected chi connectivity index (χ3v) is 4.53. The molecule has 0 saturated heterocycles. The van der Waals surface area contributed by atoms with Crippen LogP contribution in [0.2, 0.25) is 0 Å². The van der Waals surface area contributed by atoms with Crippen LogP contribution < -0.4 is 15.4 Å². The molecule has 0 heterocycles. The molecule has 0 aliphatic heterocycles. The van der Waals surface area contributed by atoms with Crippen molar-refractivity contribution >= 4 is 27.4 Å². The second-order valence-electron chi connectivity index (χ2n) is 4.26. The minimum absolute atomic E-state index is 0.0377. The predicted molar refractivity (Wildman–Crippen MR) is 73.5 cm³/mol. The summed E-state index contributed by atoms with van der Waals surface area (Å²) in [5, 5.41) is 6.71. The minimum atomic E-state index is -3.15. The van der Waals surface area contributed by atoms with Gasteiger partial charge in [-0.05, 0) is 32.1 Å². The first-order valence-corrected chi connectivity index (χ1v) is 8.05. The second-order valence-corrected chi connectivity index (χ2v) is 6.71. The van der Waals surface area contributed by atoms with Crippen molar-refractivity contribution in [2.24, 2.45) is 0 Å². The minimum Gasteiger partial charge on any atom is -0.362 e. The molecule has 0 atom stereocenters. The van der Waals surface area contributed by atoms with Crippen molar-refractivity contribution in [2.45, 2.75) is 38.1 Å². The van der Waals surface area contributed by atoms with Gasteiger partial charge in [0.15, 0.2) is 5.11 Å². The highest BCUT2D eigenvalue weighted by molar-refractivity contribution is 7.89. The maximum atomic E-state index is 11.2. The molecule has 0 aromatic carbocycles. The Morgan fingerprint density at radius 3 is 2.53 bits per heavy atom. The molecular formula is C10H21N3O2S2. The van der Waals surface area contributed by atoms with Crippen molar-refractivity contribution in [1.82, 2.24) is 15.4 Å². The smallest absolute Gasteiger partial charge is 0.213 e. The van der Waals surface area contributed by atoms with Gasteiger partial charge in [0.1, 0.15) is 0 Å². The fourth-order valence-electron chi connectivity index (χ4n) is 1.88. The van der Waals surface area contributed by atoms with E-state index in [1.807, 2.05) is 0 Å². The predicted octanol–water partition coefficient (Wildman–Crippen LogP) is 0.332. The number of nitrogens with one attached hydrogen (secondary N) is 3. The van der Waals surface area contributed by atoms with Crippen LogP contribution in [-0.4, -0.2) is 38.9 Å². The summed E-state index contributed by atoms with van der Waals surface area (Å²) >= 11 is 5.12. The Hall–Kier alpha value is -0.400. The van der Waals surface area contributed by atoms with Gasteiger partial charge in [-0.15, -0.1) is 0 Å². The molecule has 0 unspecified atom stereocenters. The van der Waals surface area contributed by atoms with Gasteiger partial charge >= 0.3 is 0 Å². The van der Waals surface area contributed by atoms with E-state index in [4.69, 9.17) is 12.2 Å². The lowest BCUT2D eigenvalue weighted by Crippen LogP contribution is -2.44. The third kappa shape index (κ3) is 6.18. The fraction of sp³-hybridized carbons (Fsp3) is 0.900. The molecule has 0 spiro atoms. The average molecular weight is 279 g/mol. The molecule has 1 aliphatic rings. The second kappa shape index (κ2) is 7.13. The molecule has 1 rings (SSSR count). The standard InChI is InChI=1S/C10H21N3O2S2/c1-11-17(14,15)8-7-12-10(16)13-9-5-3-2-4-6-9/h9,11H,2-8H2,1H3,(H2,12,13,16). The van der Waals surface area contributed by atoms with Crippen LogP contribution in [0.4, 0.5) is 0 Å². The van der Waals surface area contributed by atoms with Crippen LogP contribution in [0.5, 0.6) is 0 Å². The molecule has 1 aliphatic carbocycles. The van der Waals surface area contributed by atoms with E-state index in [1.165, 1.54) is 26.3 Å². The molecule has 17 heavy (non-hydrogen) atoms. The van der Waals surface area contributed by atoms with Crippen LogP contribution in [0.25, 0.3) is 0 Å². The summed E-state index contributed by atoms with van der Waals surface area (Å²) in [5.74, 6) is 0.0377. The largest absolute Gasteiger partial charge is 0.362 e. The fourth-order valence-corrected chi connectivity index (χ4v) is 2.73. The van der Waals surface area contributed by atoms with Gasteiger partial charge in [0.2, 0.25) is 10.0 Å². The Balaban J connectivity index is 2.16. The van der Waals surface area contributed by atoms with Crippen LogP contribution in [-0.2, 0) is 10.0 Å². The van der Waals surface area contributed by atoms with Gasteiger partial charge in [0.05, 0.1) is 5.75 Å². The monoisotopic (exact) mass is 279 g/mol. The maximum Gasteiger partial charge on any atom is 0.213 e. The van der Waals surface area contributed by atoms with Crippen molar-refractivity contribution in [3.63, 3.8) is 0 Å². The first kappa shape index (κ1) is 14.7. The zero-order chi connectivity index (χ0) is 12.7. The summed E-state index contributed by atoms with van der Waals surface area (Å²) in [6.45, 7) is 0.335. The highest BCUT2D eigenvalue weighted by Crippen LogP contribution is 2.17. The summed E-state index contributed by atoms with van der Waals surface area (Å²) in [6.07, 6.45) is 6.09. The molecule has 0 aromatic heterocycles. The van der Waals surface area contributed by atoms with Gasteiger partial charge in [-0.25, -0.2) is 13.1 Å². The average Bonchev–Trinajstić information content (AvgIpc) is 2.30. The Labute approximate surface area is 109 Å². The van der Waals surface area contributed by atoms with E-state index in [2.05, 4.69) is 15.4 Å². The number of hydrogen-bond donors (Lipinski definition) is 3. The Morgan fingerprint density at radius 1 is 1.29 bits per heavy atom. The van der Waals surface area contributed by atoms with E-state index in [0.29, 0.717) is 17.7 Å². The SMILES string of the molecule is CNS(=O)(=O)CCNC(=S)NC1CCCCC1. The molecule has 0 bridgehead atoms. The highest BCUT2D eigenvalue weighted by Gasteiger charge is 2.14. The van der Waals surface area contributed by atoms with Crippen molar-refractivity contribution in [3.05, 3.63) is 0 Å². The van der Waals surface area contributed by atoms with Gasteiger partial charge in [-0.3, -0.25) is 0 Å². The molecule has 0 radical (unpaired) electrons. The normalized spacial score (nSPS) is 17.7. The van der Waals surface area contributed by atoms with Gasteiger partial charge < -0.3 is 10.6 Å². The lowest BCUT2D eigenvalue weighted by molar-refractivity contribution is 0.412. The summed E-state index contributed by atoms with van der Waals surface area (Å²) in [5.41, 5.74) is 0. The van der Waals surface area contributed by atoms with Crippen LogP contribution >= 0.6 is 12.2 Å². The third-order valence-electron chi connectivity index (χ3n) is 2.91. The quantitative estimate of drug-likeness (QED) is 0.633. The summed E-state index contributed by atoms with van der Waals surface area (Å²) < 4.78 is 24.6. The summed E-state index contributed by atoms with van der Waals surface area (Å²) in [7, 11) is -1.74. The number of rotatable bonds is 5. The van der Waals surface area contributed by atoms with Crippen molar-refractivity contribution in [2.75, 3.05) is 19.3 Å². The lowest BCUT2D eigenvalue weighted by Gasteiger charge is -2.24. The van der Waals surface area contributed by atoms with E-state index in [1.54, 1.807) is 0 Å². The molecule has 100 valence electrons. The Bertz CT molecular complexity index is 337. The van der Waals surface area contributed by atoms with Gasteiger partial charge in [0, 0.05) is 12.6 Å². The van der Waals surface area contributed by atoms with E-state index in [9.17, 15) is 8.42 Å². The van der Waals surface area contributed by atoms with Crippen LogP contribution in [0.3, 0.4) is 0 Å². The van der Waals surface area contributed by atoms with E-state index < -0.39 is 10.0 Å². The molecule has 0 aromatic rings. The number of hydrogen-bond acceptors (Lipinski definition) is 3. The first-order valence-electron chi connectivity index (χ1n) is 5.99. The highest BCUT2D eigenvalue weighted by atomic mass is 32.2. The van der Waals surface area contributed by atoms with Gasteiger partial charge in [-0.2, -0.15) is 0 Å². The van der Waals surface area contributed by atoms with Crippen LogP contribution in [0.15, 0.2) is 0 Å². The zero-order valence-corrected chi connectivity index (χ0v) is 11.8. The molecule has 5 nitrogen and oxygen atoms in total. The van der Waals surface area contributed by atoms with Crippen molar-refractivity contribution in [1.29, 1.82) is 0 Å². The van der Waals surface area contributed by atoms with Gasteiger partial charge in [0.25, 0.3) is 0 Å². The summed E-state index contributed by atoms with van der Waals surface area (Å²) in [6, 6.07) is 0.449. The van der Waals surface area contributed by atoms with Crippen molar-refractivity contribution in [3.8, 4) is 0 Å². The molecular weight excluding hydrogens is 258 g/mol. The first-order chi connectivity index (χ1) is 8.03. The maximum absolute atomic E-state index is 11.2. The Morgan fingerprint density at radius 2 is 1.94 bits per heavy atom. The zero-order valence-electron chi connectivity index (χ0n) is 10.2. The van der Waals surface area contributed by atoms with E-state index in [0.717, 1.165) is 12.8 Å². The van der Waals surface area contributed by atoms with Gasteiger partial charge in [-0.1, -0.05) is 19.3 Å².